The molecule has 0 radical (unpaired) electrons. The number of anilines is 1. The van der Waals surface area contributed by atoms with Gasteiger partial charge < -0.3 is 20.1 Å². The molecule has 0 spiro atoms. The van der Waals surface area contributed by atoms with Crippen molar-refractivity contribution >= 4 is 29.3 Å². The Morgan fingerprint density at radius 3 is 2.67 bits per heavy atom. The Bertz CT molecular complexity index is 564. The molecule has 2 N–H and O–H groups in total. The summed E-state index contributed by atoms with van der Waals surface area (Å²) in [5.41, 5.74) is 0.539. The quantitative estimate of drug-likeness (QED) is 0.899. The fourth-order valence-corrected chi connectivity index (χ4v) is 2.66. The van der Waals surface area contributed by atoms with Gasteiger partial charge in [-0.05, 0) is 24.1 Å². The van der Waals surface area contributed by atoms with Gasteiger partial charge in [0, 0.05) is 18.8 Å². The van der Waals surface area contributed by atoms with E-state index in [2.05, 4.69) is 5.32 Å². The summed E-state index contributed by atoms with van der Waals surface area (Å²) in [5.74, 6) is -0.927. The van der Waals surface area contributed by atoms with Crippen molar-refractivity contribution in [1.29, 1.82) is 0 Å². The van der Waals surface area contributed by atoms with Crippen molar-refractivity contribution in [2.75, 3.05) is 25.5 Å². The van der Waals surface area contributed by atoms with Crippen molar-refractivity contribution in [3.63, 3.8) is 0 Å². The van der Waals surface area contributed by atoms with Gasteiger partial charge in [-0.2, -0.15) is 0 Å². The number of methoxy groups -OCH3 is 1. The maximum Gasteiger partial charge on any atom is 0.321 e. The number of benzene rings is 1. The van der Waals surface area contributed by atoms with Crippen LogP contribution in [0, 0.1) is 11.8 Å². The van der Waals surface area contributed by atoms with Crippen molar-refractivity contribution < 1.29 is 19.4 Å². The van der Waals surface area contributed by atoms with E-state index in [0.29, 0.717) is 23.0 Å². The number of carboxylic acid groups (broad SMARTS) is 1. The molecule has 7 heteroatoms. The monoisotopic (exact) mass is 312 g/mol. The molecule has 0 bridgehead atoms. The van der Waals surface area contributed by atoms with Gasteiger partial charge in [-0.1, -0.05) is 18.5 Å². The van der Waals surface area contributed by atoms with E-state index in [4.69, 9.17) is 21.4 Å². The third-order valence-corrected chi connectivity index (χ3v) is 3.92. The van der Waals surface area contributed by atoms with Crippen LogP contribution in [0.3, 0.4) is 0 Å². The highest BCUT2D eigenvalue weighted by atomic mass is 35.5. The predicted molar refractivity (Wildman–Crippen MR) is 78.9 cm³/mol. The van der Waals surface area contributed by atoms with E-state index < -0.39 is 11.9 Å². The molecule has 6 nitrogen and oxygen atoms in total. The summed E-state index contributed by atoms with van der Waals surface area (Å²) in [6, 6.07) is 4.60. The molecule has 114 valence electrons. The van der Waals surface area contributed by atoms with Gasteiger partial charge >= 0.3 is 12.0 Å². The number of ether oxygens (including phenoxy) is 1. The summed E-state index contributed by atoms with van der Waals surface area (Å²) < 4.78 is 5.04. The molecule has 2 amide bonds. The molecule has 2 rings (SSSR count). The second-order valence-corrected chi connectivity index (χ2v) is 5.51. The number of amides is 2. The summed E-state index contributed by atoms with van der Waals surface area (Å²) in [4.78, 5) is 24.7. The normalized spacial score (nSPS) is 21.2. The molecular weight excluding hydrogens is 296 g/mol. The highest BCUT2D eigenvalue weighted by molar-refractivity contribution is 6.32. The number of carboxylic acids is 1. The molecule has 1 aromatic carbocycles. The fourth-order valence-electron chi connectivity index (χ4n) is 2.40. The number of hydrogen-bond acceptors (Lipinski definition) is 3. The SMILES string of the molecule is COc1ccc(NC(=O)N2CC(C)C(C(=O)O)C2)cc1Cl. The number of aliphatic carboxylic acids is 1. The van der Waals surface area contributed by atoms with Crippen molar-refractivity contribution in [3.8, 4) is 5.75 Å². The summed E-state index contributed by atoms with van der Waals surface area (Å²) in [5, 5.41) is 12.2. The maximum absolute atomic E-state index is 12.1. The standard InChI is InChI=1S/C14H17ClN2O4/c1-8-6-17(7-10(8)13(18)19)14(20)16-9-3-4-12(21-2)11(15)5-9/h3-5,8,10H,6-7H2,1-2H3,(H,16,20)(H,18,19). The zero-order chi connectivity index (χ0) is 15.6. The highest BCUT2D eigenvalue weighted by Crippen LogP contribution is 2.28. The lowest BCUT2D eigenvalue weighted by atomic mass is 9.99. The molecule has 1 aliphatic rings. The first-order valence-electron chi connectivity index (χ1n) is 6.54. The van der Waals surface area contributed by atoms with Crippen molar-refractivity contribution in [3.05, 3.63) is 23.2 Å². The molecular formula is C14H17ClN2O4. The first kappa shape index (κ1) is 15.4. The van der Waals surface area contributed by atoms with Gasteiger partial charge in [0.05, 0.1) is 18.1 Å². The minimum atomic E-state index is -0.870. The Balaban J connectivity index is 2.02. The van der Waals surface area contributed by atoms with E-state index in [1.54, 1.807) is 18.2 Å². The van der Waals surface area contributed by atoms with E-state index in [0.717, 1.165) is 0 Å². The molecule has 1 heterocycles. The first-order chi connectivity index (χ1) is 9.92. The number of nitrogens with one attached hydrogen (secondary N) is 1. The largest absolute Gasteiger partial charge is 0.495 e. The van der Waals surface area contributed by atoms with Gasteiger partial charge in [-0.3, -0.25) is 4.79 Å². The number of nitrogens with zero attached hydrogens (tertiary/aromatic N) is 1. The minimum absolute atomic E-state index is 0.0623. The molecule has 21 heavy (non-hydrogen) atoms. The van der Waals surface area contributed by atoms with Gasteiger partial charge in [-0.15, -0.1) is 0 Å². The number of hydrogen-bond donors (Lipinski definition) is 2. The van der Waals surface area contributed by atoms with Crippen LogP contribution in [0.15, 0.2) is 18.2 Å². The Morgan fingerprint density at radius 1 is 1.43 bits per heavy atom. The minimum Gasteiger partial charge on any atom is -0.495 e. The summed E-state index contributed by atoms with van der Waals surface area (Å²) >= 11 is 5.99. The average molecular weight is 313 g/mol. The average Bonchev–Trinajstić information content (AvgIpc) is 2.81. The number of urea groups is 1. The maximum atomic E-state index is 12.1. The Kier molecular flexibility index (Phi) is 4.57. The third-order valence-electron chi connectivity index (χ3n) is 3.62. The highest BCUT2D eigenvalue weighted by Gasteiger charge is 2.36. The molecule has 1 saturated heterocycles. The second-order valence-electron chi connectivity index (χ2n) is 5.11. The van der Waals surface area contributed by atoms with Gasteiger partial charge in [0.1, 0.15) is 5.75 Å². The van der Waals surface area contributed by atoms with Crippen LogP contribution in [0.5, 0.6) is 5.75 Å². The smallest absolute Gasteiger partial charge is 0.321 e. The van der Waals surface area contributed by atoms with Gasteiger partial charge in [0.25, 0.3) is 0 Å². The first-order valence-corrected chi connectivity index (χ1v) is 6.92. The van der Waals surface area contributed by atoms with Crippen LogP contribution < -0.4 is 10.1 Å². The summed E-state index contributed by atoms with van der Waals surface area (Å²) in [7, 11) is 1.51. The lowest BCUT2D eigenvalue weighted by Gasteiger charge is -2.17. The number of carbonyl (C=O) groups excluding carboxylic acids is 1. The summed E-state index contributed by atoms with van der Waals surface area (Å²) in [6.45, 7) is 2.47. The van der Waals surface area contributed by atoms with Crippen LogP contribution in [-0.2, 0) is 4.79 Å². The number of rotatable bonds is 3. The van der Waals surface area contributed by atoms with E-state index in [-0.39, 0.29) is 18.5 Å². The Morgan fingerprint density at radius 2 is 2.14 bits per heavy atom. The van der Waals surface area contributed by atoms with Gasteiger partial charge in [0.2, 0.25) is 0 Å². The van der Waals surface area contributed by atoms with Crippen molar-refractivity contribution in [2.45, 2.75) is 6.92 Å². The predicted octanol–water partition coefficient (Wildman–Crippen LogP) is 2.53. The lowest BCUT2D eigenvalue weighted by Crippen LogP contribution is -2.33. The number of halogens is 1. The Hall–Kier alpha value is -1.95. The molecule has 0 aliphatic carbocycles. The molecule has 1 fully saturated rings. The van der Waals surface area contributed by atoms with Gasteiger partial charge in [0.15, 0.2) is 0 Å². The molecule has 0 aromatic heterocycles. The number of likely N-dealkylation sites (tertiary alicyclic amines) is 1. The molecule has 2 atom stereocenters. The molecule has 2 unspecified atom stereocenters. The zero-order valence-electron chi connectivity index (χ0n) is 11.8. The van der Waals surface area contributed by atoms with E-state index in [9.17, 15) is 9.59 Å². The number of carbonyl (C=O) groups is 2. The molecule has 1 aliphatic heterocycles. The van der Waals surface area contributed by atoms with Crippen LogP contribution in [0.1, 0.15) is 6.92 Å². The zero-order valence-corrected chi connectivity index (χ0v) is 12.6. The van der Waals surface area contributed by atoms with Crippen LogP contribution >= 0.6 is 11.6 Å². The van der Waals surface area contributed by atoms with Crippen LogP contribution in [0.2, 0.25) is 5.02 Å². The second kappa shape index (κ2) is 6.22. The van der Waals surface area contributed by atoms with Crippen molar-refractivity contribution in [2.24, 2.45) is 11.8 Å². The lowest BCUT2D eigenvalue weighted by molar-refractivity contribution is -0.142. The van der Waals surface area contributed by atoms with E-state index in [1.807, 2.05) is 6.92 Å². The summed E-state index contributed by atoms with van der Waals surface area (Å²) in [6.07, 6.45) is 0. The fraction of sp³-hybridized carbons (Fsp3) is 0.429. The Labute approximate surface area is 127 Å². The van der Waals surface area contributed by atoms with Crippen LogP contribution in [0.25, 0.3) is 0 Å². The van der Waals surface area contributed by atoms with E-state index >= 15 is 0 Å². The topological polar surface area (TPSA) is 78.9 Å². The van der Waals surface area contributed by atoms with Crippen LogP contribution in [-0.4, -0.2) is 42.2 Å². The van der Waals surface area contributed by atoms with Crippen molar-refractivity contribution in [1.82, 2.24) is 4.90 Å². The molecule has 0 saturated carbocycles. The molecule has 1 aromatic rings. The third kappa shape index (κ3) is 3.39. The van der Waals surface area contributed by atoms with E-state index in [1.165, 1.54) is 12.0 Å². The van der Waals surface area contributed by atoms with Crippen LogP contribution in [0.4, 0.5) is 10.5 Å². The van der Waals surface area contributed by atoms with Gasteiger partial charge in [-0.25, -0.2) is 4.79 Å².